The molecule has 0 atom stereocenters. The summed E-state index contributed by atoms with van der Waals surface area (Å²) in [6.07, 6.45) is 1.20. The van der Waals surface area contributed by atoms with E-state index in [-0.39, 0.29) is 5.75 Å². The summed E-state index contributed by atoms with van der Waals surface area (Å²) < 4.78 is 12.9. The van der Waals surface area contributed by atoms with Gasteiger partial charge in [0, 0.05) is 22.9 Å². The Morgan fingerprint density at radius 2 is 1.77 bits per heavy atom. The fraction of sp³-hybridized carbons (Fsp3) is 0.222. The number of phenols is 1. The minimum Gasteiger partial charge on any atom is -0.507 e. The van der Waals surface area contributed by atoms with Crippen LogP contribution in [0.3, 0.4) is 0 Å². The molecule has 0 spiro atoms. The molecule has 0 saturated heterocycles. The first-order chi connectivity index (χ1) is 10.5. The number of benzene rings is 2. The normalized spacial score (nSPS) is 12.4. The molecule has 1 N–H and O–H groups in total. The van der Waals surface area contributed by atoms with Crippen LogP contribution in [0.1, 0.15) is 25.0 Å². The summed E-state index contributed by atoms with van der Waals surface area (Å²) in [5, 5.41) is 10.8. The van der Waals surface area contributed by atoms with Crippen LogP contribution in [0.5, 0.6) is 5.75 Å². The maximum Gasteiger partial charge on any atom is 0.123 e. The van der Waals surface area contributed by atoms with Gasteiger partial charge in [-0.25, -0.2) is 0 Å². The smallest absolute Gasteiger partial charge is 0.123 e. The van der Waals surface area contributed by atoms with Crippen molar-refractivity contribution in [2.75, 3.05) is 12.3 Å². The molecule has 0 fully saturated rings. The number of phenolic OH excluding ortho intramolecular Hbond substituents is 1. The van der Waals surface area contributed by atoms with Crippen LogP contribution in [0.4, 0.5) is 0 Å². The summed E-state index contributed by atoms with van der Waals surface area (Å²) in [6, 6.07) is 14.6. The quantitative estimate of drug-likeness (QED) is 0.698. The molecule has 22 heavy (non-hydrogen) atoms. The van der Waals surface area contributed by atoms with E-state index >= 15 is 0 Å². The van der Waals surface area contributed by atoms with Crippen molar-refractivity contribution in [3.63, 3.8) is 0 Å². The van der Waals surface area contributed by atoms with Gasteiger partial charge < -0.3 is 9.67 Å². The molecule has 0 heterocycles. The second-order valence-electron chi connectivity index (χ2n) is 5.16. The third kappa shape index (κ3) is 3.82. The number of hydrogen-bond acceptors (Lipinski definition) is 2. The third-order valence-corrected chi connectivity index (χ3v) is 6.87. The fourth-order valence-corrected chi connectivity index (χ4v) is 4.03. The van der Waals surface area contributed by atoms with Crippen molar-refractivity contribution < 1.29 is 9.67 Å². The van der Waals surface area contributed by atoms with Gasteiger partial charge in [-0.15, -0.1) is 0 Å². The topological polar surface area (TPSA) is 37.3 Å². The first kappa shape index (κ1) is 16.9. The van der Waals surface area contributed by atoms with Crippen LogP contribution in [0.25, 0.3) is 5.57 Å². The van der Waals surface area contributed by atoms with Crippen LogP contribution in [0.2, 0.25) is 5.02 Å². The van der Waals surface area contributed by atoms with Gasteiger partial charge in [-0.3, -0.25) is 0 Å². The maximum atomic E-state index is 12.9. The molecular formula is C18H20ClO2P. The van der Waals surface area contributed by atoms with Crippen LogP contribution in [-0.2, 0) is 4.57 Å². The minimum absolute atomic E-state index is 0.137. The minimum atomic E-state index is -2.42. The number of aromatic hydroxyl groups is 1. The Morgan fingerprint density at radius 3 is 2.36 bits per heavy atom. The Balaban J connectivity index is 2.69. The summed E-state index contributed by atoms with van der Waals surface area (Å²) in [5.74, 6) is 1.96. The standard InChI is InChI=1S/C18H20ClO2P/c1-3-22(21,4-2)13-17(14-8-6-5-7-9-14)16-12-15(19)10-11-18(16)20/h5-13,20H,3-4H2,1-2H3. The van der Waals surface area contributed by atoms with Crippen molar-refractivity contribution in [3.05, 3.63) is 70.5 Å². The van der Waals surface area contributed by atoms with E-state index < -0.39 is 7.14 Å². The molecule has 4 heteroatoms. The molecule has 2 nitrogen and oxygen atoms in total. The van der Waals surface area contributed by atoms with Crippen molar-refractivity contribution in [1.29, 1.82) is 0 Å². The first-order valence-corrected chi connectivity index (χ1v) is 9.86. The molecule has 116 valence electrons. The van der Waals surface area contributed by atoms with E-state index in [9.17, 15) is 9.67 Å². The molecule has 0 aliphatic heterocycles. The zero-order valence-corrected chi connectivity index (χ0v) is 14.4. The molecule has 0 aliphatic rings. The Labute approximate surface area is 136 Å². The number of halogens is 1. The van der Waals surface area contributed by atoms with E-state index in [0.717, 1.165) is 11.1 Å². The molecular weight excluding hydrogens is 315 g/mol. The molecule has 2 aromatic rings. The van der Waals surface area contributed by atoms with E-state index in [1.165, 1.54) is 0 Å². The predicted octanol–water partition coefficient (Wildman–Crippen LogP) is 5.84. The summed E-state index contributed by atoms with van der Waals surface area (Å²) in [6.45, 7) is 3.86. The van der Waals surface area contributed by atoms with E-state index in [1.54, 1.807) is 18.2 Å². The van der Waals surface area contributed by atoms with Crippen LogP contribution in [0, 0.1) is 0 Å². The summed E-state index contributed by atoms with van der Waals surface area (Å²) in [4.78, 5) is 0. The Kier molecular flexibility index (Phi) is 5.50. The first-order valence-electron chi connectivity index (χ1n) is 7.34. The van der Waals surface area contributed by atoms with Crippen molar-refractivity contribution in [1.82, 2.24) is 0 Å². The van der Waals surface area contributed by atoms with Crippen molar-refractivity contribution in [2.24, 2.45) is 0 Å². The lowest BCUT2D eigenvalue weighted by Gasteiger charge is -2.15. The van der Waals surface area contributed by atoms with Gasteiger partial charge in [-0.05, 0) is 35.2 Å². The molecule has 0 bridgehead atoms. The van der Waals surface area contributed by atoms with Gasteiger partial charge in [-0.1, -0.05) is 55.8 Å². The van der Waals surface area contributed by atoms with Gasteiger partial charge in [0.05, 0.1) is 0 Å². The van der Waals surface area contributed by atoms with Gasteiger partial charge in [0.1, 0.15) is 12.9 Å². The zero-order valence-electron chi connectivity index (χ0n) is 12.8. The second kappa shape index (κ2) is 7.17. The molecule has 2 rings (SSSR count). The Bertz CT molecular complexity index is 715. The van der Waals surface area contributed by atoms with Crippen LogP contribution >= 0.6 is 18.7 Å². The third-order valence-electron chi connectivity index (χ3n) is 3.77. The van der Waals surface area contributed by atoms with Crippen molar-refractivity contribution in [3.8, 4) is 5.75 Å². The molecule has 0 aliphatic carbocycles. The average molecular weight is 335 g/mol. The average Bonchev–Trinajstić information content (AvgIpc) is 2.55. The van der Waals surface area contributed by atoms with Gasteiger partial charge in [0.2, 0.25) is 0 Å². The lowest BCUT2D eigenvalue weighted by molar-refractivity contribution is 0.473. The molecule has 0 saturated carbocycles. The molecule has 2 aromatic carbocycles. The monoisotopic (exact) mass is 334 g/mol. The summed E-state index contributed by atoms with van der Waals surface area (Å²) in [5.41, 5.74) is 2.30. The van der Waals surface area contributed by atoms with Gasteiger partial charge >= 0.3 is 0 Å². The Hall–Kier alpha value is -1.50. The number of rotatable bonds is 5. The highest BCUT2D eigenvalue weighted by Gasteiger charge is 2.18. The highest BCUT2D eigenvalue weighted by molar-refractivity contribution is 7.67. The molecule has 0 radical (unpaired) electrons. The largest absolute Gasteiger partial charge is 0.507 e. The summed E-state index contributed by atoms with van der Waals surface area (Å²) >= 11 is 6.08. The van der Waals surface area contributed by atoms with Gasteiger partial charge in [0.25, 0.3) is 0 Å². The van der Waals surface area contributed by atoms with Crippen molar-refractivity contribution >= 4 is 24.3 Å². The van der Waals surface area contributed by atoms with Crippen LogP contribution in [0.15, 0.2) is 54.3 Å². The molecule has 0 aromatic heterocycles. The lowest BCUT2D eigenvalue weighted by atomic mass is 9.99. The van der Waals surface area contributed by atoms with E-state index in [4.69, 9.17) is 11.6 Å². The molecule has 0 unspecified atom stereocenters. The molecule has 0 amide bonds. The van der Waals surface area contributed by atoms with Crippen LogP contribution in [-0.4, -0.2) is 17.4 Å². The summed E-state index contributed by atoms with van der Waals surface area (Å²) in [7, 11) is -2.42. The van der Waals surface area contributed by atoms with E-state index in [1.807, 2.05) is 50.0 Å². The number of hydrogen-bond donors (Lipinski definition) is 1. The second-order valence-corrected chi connectivity index (χ2v) is 9.02. The SMILES string of the molecule is CCP(=O)(C=C(c1ccccc1)c1cc(Cl)ccc1O)CC. The van der Waals surface area contributed by atoms with Gasteiger partial charge in [-0.2, -0.15) is 0 Å². The van der Waals surface area contributed by atoms with E-state index in [2.05, 4.69) is 0 Å². The predicted molar refractivity (Wildman–Crippen MR) is 95.3 cm³/mol. The van der Waals surface area contributed by atoms with Gasteiger partial charge in [0.15, 0.2) is 0 Å². The van der Waals surface area contributed by atoms with Crippen molar-refractivity contribution in [2.45, 2.75) is 13.8 Å². The van der Waals surface area contributed by atoms with E-state index in [0.29, 0.717) is 22.9 Å². The van der Waals surface area contributed by atoms with Crippen LogP contribution < -0.4 is 0 Å². The lowest BCUT2D eigenvalue weighted by Crippen LogP contribution is -1.93. The highest BCUT2D eigenvalue weighted by Crippen LogP contribution is 2.50. The maximum absolute atomic E-state index is 12.9. The zero-order chi connectivity index (χ0) is 16.2. The fourth-order valence-electron chi connectivity index (χ4n) is 2.28. The Morgan fingerprint density at radius 1 is 1.14 bits per heavy atom. The highest BCUT2D eigenvalue weighted by atomic mass is 35.5.